The molecule has 88 heavy (non-hydrogen) atoms. The maximum atomic E-state index is 7.67. The van der Waals surface area contributed by atoms with E-state index in [0.717, 1.165) is 11.1 Å². The molecule has 0 unspecified atom stereocenters. The number of fused-ring (bicyclic) bond motifs is 6. The normalized spacial score (nSPS) is 12.3. The zero-order valence-corrected chi connectivity index (χ0v) is 56.4. The molecule has 0 radical (unpaired) electrons. The molecule has 2 heterocycles. The van der Waals surface area contributed by atoms with Crippen molar-refractivity contribution >= 4 is 105 Å². The zero-order valence-electron chi connectivity index (χ0n) is 48.1. The summed E-state index contributed by atoms with van der Waals surface area (Å²) in [6, 6.07) is 127. The summed E-state index contributed by atoms with van der Waals surface area (Å²) in [6.07, 6.45) is 15.3. The number of rotatable bonds is 10. The van der Waals surface area contributed by atoms with Gasteiger partial charge >= 0.3 is 44.8 Å². The minimum absolute atomic E-state index is 0. The first kappa shape index (κ1) is 61.4. The predicted molar refractivity (Wildman–Crippen MR) is 377 cm³/mol. The minimum Gasteiger partial charge on any atom is -0.366 e. The van der Waals surface area contributed by atoms with Gasteiger partial charge in [-0.05, 0) is 114 Å². The van der Waals surface area contributed by atoms with Gasteiger partial charge in [-0.25, -0.2) is 0 Å². The van der Waals surface area contributed by atoms with Crippen LogP contribution >= 0.6 is 15.8 Å². The Balaban J connectivity index is 0.000000136. The molecule has 2 aliphatic heterocycles. The zero-order chi connectivity index (χ0) is 58.1. The Bertz CT molecular complexity index is 4090. The van der Waals surface area contributed by atoms with Crippen molar-refractivity contribution in [3.05, 3.63) is 376 Å². The van der Waals surface area contributed by atoms with Gasteiger partial charge in [0.1, 0.15) is 47.7 Å². The van der Waals surface area contributed by atoms with Crippen LogP contribution in [-0.2, 0) is 44.8 Å². The number of hydrogen-bond donors (Lipinski definition) is 0. The minimum atomic E-state index is -2.40. The molecule has 0 spiro atoms. The number of hydrogen-bond acceptors (Lipinski definition) is 0. The van der Waals surface area contributed by atoms with Gasteiger partial charge in [0.05, 0.1) is 0 Å². The first-order chi connectivity index (χ1) is 42.6. The van der Waals surface area contributed by atoms with Crippen LogP contribution in [-0.4, -0.2) is 16.1 Å². The molecule has 0 N–H and O–H groups in total. The predicted octanol–water partition coefficient (Wildman–Crippen LogP) is 10.6. The summed E-state index contributed by atoms with van der Waals surface area (Å²) in [5, 5.41) is 19.8. The van der Waals surface area contributed by atoms with Gasteiger partial charge in [0.2, 0.25) is 0 Å². The van der Waals surface area contributed by atoms with E-state index in [1.165, 1.54) is 95.6 Å². The van der Waals surface area contributed by atoms with Gasteiger partial charge in [0, 0.05) is 0 Å². The Morgan fingerprint density at radius 3 is 0.727 bits per heavy atom. The molecular weight excluding hydrogens is 1500 g/mol. The summed E-state index contributed by atoms with van der Waals surface area (Å²) >= 11 is 0. The molecule has 15 rings (SSSR count). The molecule has 0 fully saturated rings. The average molecular weight is 1560 g/mol. The summed E-state index contributed by atoms with van der Waals surface area (Å²) < 4.78 is 0. The third-order valence-corrected chi connectivity index (χ3v) is 32.5. The van der Waals surface area contributed by atoms with Gasteiger partial charge in [0.25, 0.3) is 0 Å². The molecule has 0 aliphatic carbocycles. The quantitative estimate of drug-likeness (QED) is 0.0554. The van der Waals surface area contributed by atoms with Crippen LogP contribution in [0, 0.1) is 24.7 Å². The van der Waals surface area contributed by atoms with Crippen molar-refractivity contribution in [2.45, 2.75) is 0 Å². The molecule has 0 bridgehead atoms. The van der Waals surface area contributed by atoms with Gasteiger partial charge in [-0.3, -0.25) is 11.8 Å². The Labute approximate surface area is 555 Å². The van der Waals surface area contributed by atoms with Crippen LogP contribution < -0.4 is 73.3 Å². The fourth-order valence-corrected chi connectivity index (χ4v) is 29.8. The Hall–Kier alpha value is -8.25. The topological polar surface area (TPSA) is 0 Å². The van der Waals surface area contributed by atoms with Crippen molar-refractivity contribution in [1.82, 2.24) is 0 Å². The van der Waals surface area contributed by atoms with Gasteiger partial charge in [-0.2, -0.15) is 0 Å². The molecule has 0 saturated carbocycles. The molecule has 0 atom stereocenters. The maximum Gasteiger partial charge on any atom is 1.00 e. The molecule has 6 heteroatoms. The van der Waals surface area contributed by atoms with Crippen LogP contribution in [0.5, 0.6) is 0 Å². The average Bonchev–Trinajstić information content (AvgIpc) is 1.59. The van der Waals surface area contributed by atoms with Crippen molar-refractivity contribution < 1.29 is 44.8 Å². The second-order valence-corrected chi connectivity index (χ2v) is 33.9. The van der Waals surface area contributed by atoms with E-state index in [1.54, 1.807) is 0 Å². The van der Waals surface area contributed by atoms with Crippen molar-refractivity contribution in [3.8, 4) is 34.1 Å². The summed E-state index contributed by atoms with van der Waals surface area (Å²) in [4.78, 5) is 0. The van der Waals surface area contributed by atoms with E-state index in [9.17, 15) is 0 Å². The van der Waals surface area contributed by atoms with Crippen molar-refractivity contribution in [1.29, 1.82) is 0 Å². The van der Waals surface area contributed by atoms with E-state index < -0.39 is 32.0 Å². The second kappa shape index (κ2) is 28.3. The van der Waals surface area contributed by atoms with Crippen molar-refractivity contribution in [2.75, 3.05) is 0 Å². The smallest absolute Gasteiger partial charge is 0.366 e. The van der Waals surface area contributed by atoms with Crippen LogP contribution in [0.2, 0.25) is 0 Å². The molecule has 0 saturated heterocycles. The fraction of sp³-hybridized carbons (Fsp3) is 0. The Kier molecular flexibility index (Phi) is 19.7. The van der Waals surface area contributed by atoms with Crippen LogP contribution in [0.4, 0.5) is 0 Å². The molecular formula is C82H60Au2P2Si2+2. The third kappa shape index (κ3) is 11.6. The van der Waals surface area contributed by atoms with Crippen molar-refractivity contribution in [2.24, 2.45) is 0 Å². The summed E-state index contributed by atoms with van der Waals surface area (Å²) in [5.74, 6) is 5.19. The number of benzene rings is 13. The summed E-state index contributed by atoms with van der Waals surface area (Å²) in [6.45, 7) is 0. The molecule has 0 aromatic heterocycles. The molecule has 0 amide bonds. The van der Waals surface area contributed by atoms with E-state index in [0.29, 0.717) is 0 Å². The van der Waals surface area contributed by atoms with Gasteiger partial charge < -0.3 is 12.8 Å². The molecule has 13 aromatic carbocycles. The first-order valence-electron chi connectivity index (χ1n) is 29.2. The molecule has 2 aliphatic rings. The standard InChI is InChI=1S/C30H24P2.2C26H17Si.2Au/c1-5-15-25(16-6-1)31(26-17-7-2-8-18-26)29-23-13-14-24-30(29)32(27-19-9-3-10-20-27)28-21-11-4-12-22-28;2*1-2-20-17-18-24-23-15-9-10-16-25(23)27(26(24)19-20,21-11-5-3-6-12-21)22-13-7-4-8-14-22;;/h1-24H;2*3-19H;;/q;2*-1;2*+1/p+2. The molecule has 0 nitrogen and oxygen atoms in total. The SMILES string of the molecule is [Au+].[Au+].[C-]#Cc1ccc2c(c1)[Si](c1ccccc1)(c1ccccc1)c1ccccc1-2.[C-]#Cc1ccc2c(c1)[Si](c1ccccc1)(c1ccccc1)c1ccccc1-2.c1ccc([PH+](c2ccccc2)c2ccccc2[PH+](c2ccccc2)c2ccccc2)cc1. The molecule has 426 valence electrons. The van der Waals surface area contributed by atoms with Crippen LogP contribution in [0.1, 0.15) is 11.1 Å². The fourth-order valence-electron chi connectivity index (χ4n) is 13.3. The van der Waals surface area contributed by atoms with E-state index in [-0.39, 0.29) is 44.8 Å². The van der Waals surface area contributed by atoms with E-state index in [4.69, 9.17) is 12.8 Å². The Morgan fingerprint density at radius 2 is 0.455 bits per heavy atom. The van der Waals surface area contributed by atoms with Crippen LogP contribution in [0.15, 0.2) is 352 Å². The first-order valence-corrected chi connectivity index (χ1v) is 36.2. The van der Waals surface area contributed by atoms with E-state index in [1.807, 2.05) is 12.1 Å². The summed E-state index contributed by atoms with van der Waals surface area (Å²) in [5.41, 5.74) is 6.91. The second-order valence-electron chi connectivity index (χ2n) is 21.6. The van der Waals surface area contributed by atoms with Gasteiger partial charge in [0.15, 0.2) is 16.1 Å². The summed E-state index contributed by atoms with van der Waals surface area (Å²) in [7, 11) is -7.07. The maximum absolute atomic E-state index is 7.67. The van der Waals surface area contributed by atoms with Crippen LogP contribution in [0.25, 0.3) is 22.3 Å². The van der Waals surface area contributed by atoms with Gasteiger partial charge in [-0.1, -0.05) is 277 Å². The third-order valence-electron chi connectivity index (χ3n) is 16.9. The monoisotopic (exact) mass is 1560 g/mol. The van der Waals surface area contributed by atoms with Crippen molar-refractivity contribution in [3.63, 3.8) is 0 Å². The van der Waals surface area contributed by atoms with Crippen LogP contribution in [0.3, 0.4) is 0 Å². The largest absolute Gasteiger partial charge is 1.00 e. The molecule has 13 aromatic rings. The van der Waals surface area contributed by atoms with Gasteiger partial charge in [-0.15, -0.1) is 35.4 Å². The van der Waals surface area contributed by atoms with E-state index in [2.05, 4.69) is 352 Å². The van der Waals surface area contributed by atoms with E-state index >= 15 is 0 Å². The Morgan fingerprint density at radius 1 is 0.227 bits per heavy atom.